The zero-order valence-electron chi connectivity index (χ0n) is 13.2. The fraction of sp³-hybridized carbons (Fsp3) is 0.588. The molecule has 2 aliphatic heterocycles. The van der Waals surface area contributed by atoms with E-state index in [4.69, 9.17) is 9.94 Å². The fourth-order valence-corrected chi connectivity index (χ4v) is 3.76. The topological polar surface area (TPSA) is 76.1 Å². The molecular weight excluding hydrogens is 296 g/mol. The van der Waals surface area contributed by atoms with Gasteiger partial charge in [-0.2, -0.15) is 0 Å². The largest absolute Gasteiger partial charge is 0.733 e. The van der Waals surface area contributed by atoms with Gasteiger partial charge in [0.2, 0.25) is 0 Å². The molecule has 126 valence electrons. The van der Waals surface area contributed by atoms with E-state index in [1.807, 2.05) is 0 Å². The maximum absolute atomic E-state index is 12.1. The molecule has 1 N–H and O–H groups in total. The van der Waals surface area contributed by atoms with Gasteiger partial charge in [-0.3, -0.25) is 10.1 Å². The van der Waals surface area contributed by atoms with E-state index >= 15 is 0 Å². The first-order chi connectivity index (χ1) is 11.1. The molecule has 0 radical (unpaired) electrons. The number of anilines is 1. The summed E-state index contributed by atoms with van der Waals surface area (Å²) in [5.74, 6) is 0.0433. The number of carbonyl (C=O) groups is 1. The SMILES string of the molecule is O=C(OC[C@@H]1CCCN2CCCC[C@H]12)c1ccc(N([O-])O)cc1. The molecule has 2 saturated heterocycles. The van der Waals surface area contributed by atoms with Gasteiger partial charge in [0.15, 0.2) is 0 Å². The average molecular weight is 319 g/mol. The molecule has 0 aliphatic carbocycles. The standard InChI is InChI=1S/C17H23N2O4/c20-17(13-6-8-15(9-7-13)19(21)22)23-12-14-4-3-11-18-10-2-1-5-16(14)18/h6-9,14,16,21H,1-5,10-12H2/q-1/t14-,16+/m0/s1. The van der Waals surface area contributed by atoms with Crippen LogP contribution < -0.4 is 5.23 Å². The van der Waals surface area contributed by atoms with Crippen molar-refractivity contribution in [2.75, 3.05) is 24.9 Å². The van der Waals surface area contributed by atoms with Gasteiger partial charge in [-0.05, 0) is 63.0 Å². The van der Waals surface area contributed by atoms with Crippen LogP contribution in [0.2, 0.25) is 0 Å². The summed E-state index contributed by atoms with van der Waals surface area (Å²) in [7, 11) is 0. The Morgan fingerprint density at radius 1 is 1.22 bits per heavy atom. The van der Waals surface area contributed by atoms with Gasteiger partial charge in [-0.25, -0.2) is 4.79 Å². The second kappa shape index (κ2) is 7.29. The molecule has 2 heterocycles. The van der Waals surface area contributed by atoms with Crippen molar-refractivity contribution in [2.24, 2.45) is 5.92 Å². The van der Waals surface area contributed by atoms with E-state index in [0.717, 1.165) is 6.42 Å². The molecule has 6 heteroatoms. The van der Waals surface area contributed by atoms with E-state index in [0.29, 0.717) is 24.1 Å². The molecular formula is C17H23N2O4-. The summed E-state index contributed by atoms with van der Waals surface area (Å²) in [6.45, 7) is 2.79. The highest BCUT2D eigenvalue weighted by atomic mass is 16.8. The molecule has 2 atom stereocenters. The minimum atomic E-state index is -0.375. The molecule has 6 nitrogen and oxygen atoms in total. The Hall–Kier alpha value is -1.63. The minimum absolute atomic E-state index is 0.0895. The highest BCUT2D eigenvalue weighted by molar-refractivity contribution is 5.89. The van der Waals surface area contributed by atoms with Crippen molar-refractivity contribution < 1.29 is 14.7 Å². The van der Waals surface area contributed by atoms with Crippen LogP contribution in [0.3, 0.4) is 0 Å². The lowest BCUT2D eigenvalue weighted by Gasteiger charge is -2.44. The predicted octanol–water partition coefficient (Wildman–Crippen LogP) is 2.80. The smallest absolute Gasteiger partial charge is 0.338 e. The second-order valence-corrected chi connectivity index (χ2v) is 6.42. The summed E-state index contributed by atoms with van der Waals surface area (Å²) in [6.07, 6.45) is 6.02. The number of nitrogens with zero attached hydrogens (tertiary/aromatic N) is 2. The minimum Gasteiger partial charge on any atom is -0.733 e. The van der Waals surface area contributed by atoms with Crippen molar-refractivity contribution >= 4 is 11.7 Å². The van der Waals surface area contributed by atoms with Crippen molar-refractivity contribution in [3.8, 4) is 0 Å². The number of hydrogen-bond donors (Lipinski definition) is 1. The van der Waals surface area contributed by atoms with Gasteiger partial charge in [0.25, 0.3) is 0 Å². The van der Waals surface area contributed by atoms with Crippen LogP contribution >= 0.6 is 0 Å². The number of rotatable bonds is 4. The highest BCUT2D eigenvalue weighted by Gasteiger charge is 2.33. The first-order valence-corrected chi connectivity index (χ1v) is 8.32. The number of carbonyl (C=O) groups excluding carboxylic acids is 1. The van der Waals surface area contributed by atoms with Crippen LogP contribution in [0.15, 0.2) is 24.3 Å². The van der Waals surface area contributed by atoms with Crippen LogP contribution in [0.4, 0.5) is 5.69 Å². The van der Waals surface area contributed by atoms with E-state index in [-0.39, 0.29) is 16.9 Å². The molecule has 0 saturated carbocycles. The number of benzene rings is 1. The van der Waals surface area contributed by atoms with Crippen molar-refractivity contribution in [1.82, 2.24) is 4.90 Å². The van der Waals surface area contributed by atoms with Gasteiger partial charge >= 0.3 is 5.97 Å². The zero-order chi connectivity index (χ0) is 16.2. The molecule has 2 fully saturated rings. The Morgan fingerprint density at radius 3 is 2.70 bits per heavy atom. The summed E-state index contributed by atoms with van der Waals surface area (Å²) in [4.78, 5) is 14.7. The van der Waals surface area contributed by atoms with Gasteiger partial charge in [0, 0.05) is 12.0 Å². The molecule has 1 aromatic carbocycles. The van der Waals surface area contributed by atoms with Gasteiger partial charge in [-0.1, -0.05) is 6.42 Å². The molecule has 0 unspecified atom stereocenters. The fourth-order valence-electron chi connectivity index (χ4n) is 3.76. The van der Waals surface area contributed by atoms with E-state index < -0.39 is 0 Å². The monoisotopic (exact) mass is 319 g/mol. The van der Waals surface area contributed by atoms with Crippen LogP contribution in [0.5, 0.6) is 0 Å². The van der Waals surface area contributed by atoms with E-state index in [2.05, 4.69) is 4.90 Å². The summed E-state index contributed by atoms with van der Waals surface area (Å²) in [5.41, 5.74) is 0.485. The number of hydrogen-bond acceptors (Lipinski definition) is 6. The van der Waals surface area contributed by atoms with E-state index in [1.54, 1.807) is 0 Å². The maximum Gasteiger partial charge on any atom is 0.338 e. The van der Waals surface area contributed by atoms with Gasteiger partial charge < -0.3 is 15.2 Å². The third kappa shape index (κ3) is 3.83. The molecule has 0 spiro atoms. The first kappa shape index (κ1) is 16.2. The molecule has 0 aromatic heterocycles. The normalized spacial score (nSPS) is 24.8. The Kier molecular flexibility index (Phi) is 5.15. The van der Waals surface area contributed by atoms with Crippen LogP contribution in [-0.4, -0.2) is 41.8 Å². The maximum atomic E-state index is 12.1. The summed E-state index contributed by atoms with van der Waals surface area (Å²) >= 11 is 0. The average Bonchev–Trinajstić information content (AvgIpc) is 2.59. The number of piperidine rings is 2. The molecule has 3 rings (SSSR count). The molecule has 1 aromatic rings. The highest BCUT2D eigenvalue weighted by Crippen LogP contribution is 2.31. The molecule has 0 bridgehead atoms. The Morgan fingerprint density at radius 2 is 1.96 bits per heavy atom. The second-order valence-electron chi connectivity index (χ2n) is 6.42. The lowest BCUT2D eigenvalue weighted by molar-refractivity contribution is 0.00739. The van der Waals surface area contributed by atoms with Crippen LogP contribution in [0, 0.1) is 11.1 Å². The summed E-state index contributed by atoms with van der Waals surface area (Å²) in [5, 5.41) is 19.3. The van der Waals surface area contributed by atoms with E-state index in [1.165, 1.54) is 63.0 Å². The van der Waals surface area contributed by atoms with Crippen molar-refractivity contribution in [3.63, 3.8) is 0 Å². The Balaban J connectivity index is 1.55. The van der Waals surface area contributed by atoms with Crippen LogP contribution in [-0.2, 0) is 4.74 Å². The van der Waals surface area contributed by atoms with Gasteiger partial charge in [-0.15, -0.1) is 0 Å². The number of fused-ring (bicyclic) bond motifs is 1. The third-order valence-electron chi connectivity index (χ3n) is 4.98. The zero-order valence-corrected chi connectivity index (χ0v) is 13.2. The Bertz CT molecular complexity index is 530. The Labute approximate surface area is 136 Å². The van der Waals surface area contributed by atoms with Crippen molar-refractivity contribution in [1.29, 1.82) is 0 Å². The van der Waals surface area contributed by atoms with Crippen molar-refractivity contribution in [3.05, 3.63) is 35.0 Å². The van der Waals surface area contributed by atoms with E-state index in [9.17, 15) is 10.0 Å². The summed E-state index contributed by atoms with van der Waals surface area (Å²) < 4.78 is 5.50. The van der Waals surface area contributed by atoms with Gasteiger partial charge in [0.1, 0.15) is 0 Å². The lowest BCUT2D eigenvalue weighted by Crippen LogP contribution is -2.49. The molecule has 0 amide bonds. The summed E-state index contributed by atoms with van der Waals surface area (Å²) in [6, 6.07) is 6.33. The van der Waals surface area contributed by atoms with Crippen LogP contribution in [0.25, 0.3) is 0 Å². The molecule has 23 heavy (non-hydrogen) atoms. The number of esters is 1. The van der Waals surface area contributed by atoms with Gasteiger partial charge in [0.05, 0.1) is 17.9 Å². The van der Waals surface area contributed by atoms with Crippen LogP contribution in [0.1, 0.15) is 42.5 Å². The quantitative estimate of drug-likeness (QED) is 0.679. The lowest BCUT2D eigenvalue weighted by atomic mass is 9.84. The third-order valence-corrected chi connectivity index (χ3v) is 4.98. The first-order valence-electron chi connectivity index (χ1n) is 8.32. The predicted molar refractivity (Wildman–Crippen MR) is 86.3 cm³/mol. The molecule has 2 aliphatic rings. The number of ether oxygens (including phenoxy) is 1. The van der Waals surface area contributed by atoms with Crippen molar-refractivity contribution in [2.45, 2.75) is 38.1 Å².